The number of carbonyl (C=O) groups is 1. The second-order valence-electron chi connectivity index (χ2n) is 7.36. The van der Waals surface area contributed by atoms with E-state index in [1.165, 1.54) is 56.4 Å². The van der Waals surface area contributed by atoms with Gasteiger partial charge in [0.15, 0.2) is 11.4 Å². The highest BCUT2D eigenvalue weighted by Crippen LogP contribution is 2.29. The van der Waals surface area contributed by atoms with E-state index in [-0.39, 0.29) is 17.7 Å². The number of nitro groups is 1. The molecular formula is C21H34N2O5. The summed E-state index contributed by atoms with van der Waals surface area (Å²) in [5.41, 5.74) is 3.81. The van der Waals surface area contributed by atoms with Gasteiger partial charge in [0.25, 0.3) is 5.69 Å². The van der Waals surface area contributed by atoms with Crippen LogP contribution in [0.15, 0.2) is 24.3 Å². The highest BCUT2D eigenvalue weighted by Gasteiger charge is 2.42. The number of unbranched alkanes of at least 4 members (excludes halogenated alkanes) is 8. The smallest absolute Gasteiger partial charge is 0.269 e. The van der Waals surface area contributed by atoms with E-state index in [0.29, 0.717) is 6.42 Å². The first-order chi connectivity index (χ1) is 13.4. The van der Waals surface area contributed by atoms with Gasteiger partial charge in [0.2, 0.25) is 0 Å². The van der Waals surface area contributed by atoms with E-state index < -0.39 is 29.0 Å². The van der Waals surface area contributed by atoms with Crippen LogP contribution < -0.4 is 5.73 Å². The Hall–Kier alpha value is -1.83. The van der Waals surface area contributed by atoms with Gasteiger partial charge in [-0.25, -0.2) is 0 Å². The van der Waals surface area contributed by atoms with Crippen LogP contribution in [-0.4, -0.2) is 33.6 Å². The SMILES string of the molecule is CCCCCCCCCCCC(=O)C(O)(c1ccc([N+](=O)[O-])cc1)C(N)CO. The number of aliphatic hydroxyl groups excluding tert-OH is 1. The molecule has 0 saturated heterocycles. The summed E-state index contributed by atoms with van der Waals surface area (Å²) >= 11 is 0. The topological polar surface area (TPSA) is 127 Å². The normalized spacial score (nSPS) is 14.4. The lowest BCUT2D eigenvalue weighted by atomic mass is 9.81. The van der Waals surface area contributed by atoms with Crippen molar-refractivity contribution >= 4 is 11.5 Å². The van der Waals surface area contributed by atoms with Crippen molar-refractivity contribution in [3.63, 3.8) is 0 Å². The molecule has 0 bridgehead atoms. The largest absolute Gasteiger partial charge is 0.395 e. The molecule has 1 aromatic carbocycles. The molecule has 0 aliphatic heterocycles. The average Bonchev–Trinajstić information content (AvgIpc) is 2.71. The Morgan fingerprint density at radius 3 is 2.04 bits per heavy atom. The highest BCUT2D eigenvalue weighted by atomic mass is 16.6. The third kappa shape index (κ3) is 6.96. The van der Waals surface area contributed by atoms with Crippen molar-refractivity contribution < 1.29 is 19.9 Å². The number of nitro benzene ring substituents is 1. The van der Waals surface area contributed by atoms with Crippen molar-refractivity contribution in [1.29, 1.82) is 0 Å². The highest BCUT2D eigenvalue weighted by molar-refractivity contribution is 5.89. The Morgan fingerprint density at radius 1 is 1.07 bits per heavy atom. The minimum absolute atomic E-state index is 0.143. The molecule has 0 fully saturated rings. The van der Waals surface area contributed by atoms with Crippen molar-refractivity contribution in [1.82, 2.24) is 0 Å². The molecule has 0 spiro atoms. The van der Waals surface area contributed by atoms with Gasteiger partial charge in [-0.1, -0.05) is 58.3 Å². The summed E-state index contributed by atoms with van der Waals surface area (Å²) in [6, 6.07) is 3.89. The fraction of sp³-hybridized carbons (Fsp3) is 0.667. The van der Waals surface area contributed by atoms with Gasteiger partial charge in [-0.15, -0.1) is 0 Å². The molecule has 7 heteroatoms. The molecule has 0 aliphatic rings. The predicted octanol–water partition coefficient (Wildman–Crippen LogP) is 3.59. The molecule has 158 valence electrons. The monoisotopic (exact) mass is 394 g/mol. The van der Waals surface area contributed by atoms with Crippen LogP contribution in [0.25, 0.3) is 0 Å². The van der Waals surface area contributed by atoms with Crippen molar-refractivity contribution in [2.75, 3.05) is 6.61 Å². The Kier molecular flexibility index (Phi) is 10.9. The van der Waals surface area contributed by atoms with E-state index in [4.69, 9.17) is 5.73 Å². The van der Waals surface area contributed by atoms with Gasteiger partial charge in [0.1, 0.15) is 0 Å². The number of nitrogens with zero attached hydrogens (tertiary/aromatic N) is 1. The second-order valence-corrected chi connectivity index (χ2v) is 7.36. The first kappa shape index (κ1) is 24.2. The fourth-order valence-corrected chi connectivity index (χ4v) is 3.34. The summed E-state index contributed by atoms with van der Waals surface area (Å²) in [6.07, 6.45) is 10.1. The maximum Gasteiger partial charge on any atom is 0.269 e. The molecule has 2 atom stereocenters. The number of benzene rings is 1. The van der Waals surface area contributed by atoms with E-state index >= 15 is 0 Å². The molecule has 0 aromatic heterocycles. The number of hydrogen-bond acceptors (Lipinski definition) is 6. The van der Waals surface area contributed by atoms with Gasteiger partial charge >= 0.3 is 0 Å². The summed E-state index contributed by atoms with van der Waals surface area (Å²) < 4.78 is 0. The Balaban J connectivity index is 2.59. The van der Waals surface area contributed by atoms with Crippen molar-refractivity contribution in [2.24, 2.45) is 5.73 Å². The number of non-ortho nitro benzene ring substituents is 1. The third-order valence-electron chi connectivity index (χ3n) is 5.18. The van der Waals surface area contributed by atoms with E-state index in [1.54, 1.807) is 0 Å². The van der Waals surface area contributed by atoms with E-state index in [9.17, 15) is 25.1 Å². The number of carbonyl (C=O) groups excluding carboxylic acids is 1. The molecule has 28 heavy (non-hydrogen) atoms. The second kappa shape index (κ2) is 12.6. The number of Topliss-reactive ketones (excluding diaryl/α,β-unsaturated/α-hetero) is 1. The third-order valence-corrected chi connectivity index (χ3v) is 5.18. The lowest BCUT2D eigenvalue weighted by Crippen LogP contribution is -2.53. The van der Waals surface area contributed by atoms with Gasteiger partial charge in [-0.2, -0.15) is 0 Å². The van der Waals surface area contributed by atoms with E-state index in [2.05, 4.69) is 6.92 Å². The summed E-state index contributed by atoms with van der Waals surface area (Å²) in [5, 5.41) is 31.2. The number of rotatable bonds is 15. The summed E-state index contributed by atoms with van der Waals surface area (Å²) in [6.45, 7) is 1.62. The maximum absolute atomic E-state index is 12.7. The lowest BCUT2D eigenvalue weighted by molar-refractivity contribution is -0.384. The molecule has 0 saturated carbocycles. The zero-order valence-corrected chi connectivity index (χ0v) is 16.8. The number of ketones is 1. The van der Waals surface area contributed by atoms with Crippen LogP contribution in [0.3, 0.4) is 0 Å². The Morgan fingerprint density at radius 2 is 1.57 bits per heavy atom. The number of hydrogen-bond donors (Lipinski definition) is 3. The summed E-state index contributed by atoms with van der Waals surface area (Å²) in [7, 11) is 0. The van der Waals surface area contributed by atoms with Gasteiger partial charge < -0.3 is 15.9 Å². The van der Waals surface area contributed by atoms with Crippen LogP contribution in [0.4, 0.5) is 5.69 Å². The Bertz CT molecular complexity index is 605. The van der Waals surface area contributed by atoms with Crippen LogP contribution in [0, 0.1) is 10.1 Å². The van der Waals surface area contributed by atoms with Gasteiger partial charge in [0, 0.05) is 18.6 Å². The molecular weight excluding hydrogens is 360 g/mol. The lowest BCUT2D eigenvalue weighted by Gasteiger charge is -2.32. The molecule has 2 unspecified atom stereocenters. The first-order valence-corrected chi connectivity index (χ1v) is 10.2. The van der Waals surface area contributed by atoms with Gasteiger partial charge in [0.05, 0.1) is 17.6 Å². The number of nitrogens with two attached hydrogens (primary N) is 1. The minimum atomic E-state index is -2.05. The molecule has 4 N–H and O–H groups in total. The van der Waals surface area contributed by atoms with Crippen LogP contribution >= 0.6 is 0 Å². The summed E-state index contributed by atoms with van der Waals surface area (Å²) in [4.78, 5) is 23.0. The molecule has 7 nitrogen and oxygen atoms in total. The standard InChI is InChI=1S/C21H34N2O5/c1-2-3-4-5-6-7-8-9-10-11-20(25)21(26,19(22)16-24)17-12-14-18(15-13-17)23(27)28/h12-15,19,24,26H,2-11,16,22H2,1H3. The minimum Gasteiger partial charge on any atom is -0.395 e. The summed E-state index contributed by atoms with van der Waals surface area (Å²) in [5.74, 6) is -0.467. The molecule has 1 aromatic rings. The van der Waals surface area contributed by atoms with Crippen molar-refractivity contribution in [2.45, 2.75) is 82.8 Å². The predicted molar refractivity (Wildman–Crippen MR) is 109 cm³/mol. The van der Waals surface area contributed by atoms with E-state index in [1.807, 2.05) is 0 Å². The molecule has 0 heterocycles. The van der Waals surface area contributed by atoms with Crippen LogP contribution in [0.2, 0.25) is 0 Å². The van der Waals surface area contributed by atoms with E-state index in [0.717, 1.165) is 19.3 Å². The number of aliphatic hydroxyl groups is 2. The van der Waals surface area contributed by atoms with Crippen LogP contribution in [0.1, 0.15) is 76.7 Å². The molecule has 1 rings (SSSR count). The van der Waals surface area contributed by atoms with Crippen LogP contribution in [0.5, 0.6) is 0 Å². The van der Waals surface area contributed by atoms with Gasteiger partial charge in [-0.05, 0) is 24.1 Å². The van der Waals surface area contributed by atoms with Crippen molar-refractivity contribution in [3.8, 4) is 0 Å². The quantitative estimate of drug-likeness (QED) is 0.237. The maximum atomic E-state index is 12.7. The zero-order valence-electron chi connectivity index (χ0n) is 16.8. The fourth-order valence-electron chi connectivity index (χ4n) is 3.34. The first-order valence-electron chi connectivity index (χ1n) is 10.2. The zero-order chi connectivity index (χ0) is 21.0. The molecule has 0 radical (unpaired) electrons. The average molecular weight is 395 g/mol. The molecule has 0 aliphatic carbocycles. The molecule has 0 amide bonds. The Labute approximate surface area is 167 Å². The van der Waals surface area contributed by atoms with Crippen molar-refractivity contribution in [3.05, 3.63) is 39.9 Å². The van der Waals surface area contributed by atoms with Gasteiger partial charge in [-0.3, -0.25) is 14.9 Å². The van der Waals surface area contributed by atoms with Crippen LogP contribution in [-0.2, 0) is 10.4 Å².